The molecule has 0 saturated heterocycles. The van der Waals surface area contributed by atoms with Gasteiger partial charge in [0.15, 0.2) is 0 Å². The molecule has 75 heavy (non-hydrogen) atoms. The molecule has 0 aromatic carbocycles. The fourth-order valence-electron chi connectivity index (χ4n) is 11.1. The van der Waals surface area contributed by atoms with Crippen molar-refractivity contribution in [1.29, 1.82) is 0 Å². The standard InChI is InChI=1S/C69H135NO5/c1-3-5-7-9-11-13-15-17-34-39-43-47-51-55-59-63-69(74)75-64-60-56-52-48-44-40-36-33-31-29-27-25-23-21-19-18-20-22-24-26-28-30-32-35-38-42-46-50-54-58-62-68(73)70-66(65-71)67(72)61-57-53-49-45-41-37-16-14-12-10-8-6-4-2/h17,34,66-67,71-72H,3-16,18-33,35-65H2,1-2H3,(H,70,73)/b34-17-. The van der Waals surface area contributed by atoms with Crippen LogP contribution in [0.4, 0.5) is 0 Å². The van der Waals surface area contributed by atoms with Crippen LogP contribution >= 0.6 is 0 Å². The van der Waals surface area contributed by atoms with E-state index in [0.717, 1.165) is 44.9 Å². The Morgan fingerprint density at radius 1 is 0.360 bits per heavy atom. The monoisotopic (exact) mass is 1060 g/mol. The van der Waals surface area contributed by atoms with Gasteiger partial charge in [-0.2, -0.15) is 0 Å². The molecule has 0 aliphatic carbocycles. The number of aliphatic hydroxyl groups is 2. The lowest BCUT2D eigenvalue weighted by atomic mass is 10.0. The van der Waals surface area contributed by atoms with Crippen molar-refractivity contribution >= 4 is 11.9 Å². The zero-order valence-electron chi connectivity index (χ0n) is 51.1. The van der Waals surface area contributed by atoms with Crippen molar-refractivity contribution in [3.8, 4) is 0 Å². The molecule has 0 aromatic heterocycles. The number of hydrogen-bond acceptors (Lipinski definition) is 5. The summed E-state index contributed by atoms with van der Waals surface area (Å²) in [6.45, 7) is 4.98. The third-order valence-electron chi connectivity index (χ3n) is 16.3. The van der Waals surface area contributed by atoms with Crippen LogP contribution in [0.25, 0.3) is 0 Å². The van der Waals surface area contributed by atoms with Crippen molar-refractivity contribution in [2.75, 3.05) is 13.2 Å². The molecule has 0 saturated carbocycles. The summed E-state index contributed by atoms with van der Waals surface area (Å²) < 4.78 is 5.49. The molecule has 2 atom stereocenters. The van der Waals surface area contributed by atoms with Gasteiger partial charge in [-0.1, -0.05) is 341 Å². The molecule has 6 heteroatoms. The smallest absolute Gasteiger partial charge is 0.305 e. The van der Waals surface area contributed by atoms with Gasteiger partial charge in [0, 0.05) is 12.8 Å². The highest BCUT2D eigenvalue weighted by Gasteiger charge is 2.20. The molecule has 0 fully saturated rings. The summed E-state index contributed by atoms with van der Waals surface area (Å²) in [7, 11) is 0. The highest BCUT2D eigenvalue weighted by Crippen LogP contribution is 2.19. The van der Waals surface area contributed by atoms with Gasteiger partial charge in [0.05, 0.1) is 25.4 Å². The first-order valence-corrected chi connectivity index (χ1v) is 34.4. The van der Waals surface area contributed by atoms with Crippen LogP contribution in [0.3, 0.4) is 0 Å². The van der Waals surface area contributed by atoms with E-state index in [2.05, 4.69) is 31.3 Å². The maximum absolute atomic E-state index is 12.5. The Kier molecular flexibility index (Phi) is 63.9. The van der Waals surface area contributed by atoms with Crippen LogP contribution in [0, 0.1) is 0 Å². The van der Waals surface area contributed by atoms with E-state index >= 15 is 0 Å². The SMILES string of the molecule is CCCCCCCC/C=C\CCCCCCCC(=O)OCCCCCCCCCCCCCCCCCCCCCCCCCCCCCCCCC(=O)NC(CO)C(O)CCCCCCCCCCCCCCC. The second kappa shape index (κ2) is 65.1. The van der Waals surface area contributed by atoms with Gasteiger partial charge < -0.3 is 20.3 Å². The first kappa shape index (κ1) is 73.6. The number of carbonyl (C=O) groups is 2. The lowest BCUT2D eigenvalue weighted by Crippen LogP contribution is -2.45. The molecule has 3 N–H and O–H groups in total. The Labute approximate surface area is 469 Å². The Balaban J connectivity index is 3.31. The average Bonchev–Trinajstić information content (AvgIpc) is 3.41. The van der Waals surface area contributed by atoms with E-state index in [1.807, 2.05) is 0 Å². The molecule has 0 radical (unpaired) electrons. The molecular weight excluding hydrogens is 923 g/mol. The van der Waals surface area contributed by atoms with Crippen molar-refractivity contribution in [2.24, 2.45) is 0 Å². The highest BCUT2D eigenvalue weighted by atomic mass is 16.5. The molecule has 2 unspecified atom stereocenters. The van der Waals surface area contributed by atoms with Crippen LogP contribution in [-0.2, 0) is 14.3 Å². The molecule has 0 bridgehead atoms. The van der Waals surface area contributed by atoms with Crippen LogP contribution < -0.4 is 5.32 Å². The van der Waals surface area contributed by atoms with Gasteiger partial charge in [-0.25, -0.2) is 0 Å². The molecule has 1 amide bonds. The molecule has 6 nitrogen and oxygen atoms in total. The van der Waals surface area contributed by atoms with Gasteiger partial charge >= 0.3 is 5.97 Å². The number of hydrogen-bond donors (Lipinski definition) is 3. The number of nitrogens with one attached hydrogen (secondary N) is 1. The summed E-state index contributed by atoms with van der Waals surface area (Å²) in [5, 5.41) is 23.3. The maximum Gasteiger partial charge on any atom is 0.305 e. The maximum atomic E-state index is 12.5. The fourth-order valence-corrected chi connectivity index (χ4v) is 11.1. The zero-order chi connectivity index (χ0) is 54.3. The third kappa shape index (κ3) is 61.7. The minimum atomic E-state index is -0.660. The number of aliphatic hydroxyl groups excluding tert-OH is 2. The van der Waals surface area contributed by atoms with Crippen molar-refractivity contribution in [3.63, 3.8) is 0 Å². The van der Waals surface area contributed by atoms with E-state index in [0.29, 0.717) is 25.9 Å². The van der Waals surface area contributed by atoms with E-state index in [1.165, 1.54) is 315 Å². The van der Waals surface area contributed by atoms with Crippen LogP contribution in [0.5, 0.6) is 0 Å². The predicted octanol–water partition coefficient (Wildman–Crippen LogP) is 22.0. The Morgan fingerprint density at radius 3 is 0.947 bits per heavy atom. The van der Waals surface area contributed by atoms with Crippen molar-refractivity contribution in [3.05, 3.63) is 12.2 Å². The van der Waals surface area contributed by atoms with Crippen LogP contribution in [0.15, 0.2) is 12.2 Å². The molecular formula is C69H135NO5. The Morgan fingerprint density at radius 2 is 0.627 bits per heavy atom. The van der Waals surface area contributed by atoms with E-state index in [1.54, 1.807) is 0 Å². The van der Waals surface area contributed by atoms with Gasteiger partial charge in [-0.3, -0.25) is 9.59 Å². The summed E-state index contributed by atoms with van der Waals surface area (Å²) >= 11 is 0. The number of unbranched alkanes of at least 4 members (excludes halogenated alkanes) is 52. The fraction of sp³-hybridized carbons (Fsp3) is 0.942. The second-order valence-corrected chi connectivity index (χ2v) is 23.9. The Hall–Kier alpha value is -1.40. The summed E-state index contributed by atoms with van der Waals surface area (Å²) in [5.41, 5.74) is 0. The first-order chi connectivity index (χ1) is 37.0. The van der Waals surface area contributed by atoms with Gasteiger partial charge in [0.1, 0.15) is 0 Å². The lowest BCUT2D eigenvalue weighted by Gasteiger charge is -2.22. The number of esters is 1. The molecule has 0 aromatic rings. The van der Waals surface area contributed by atoms with E-state index in [9.17, 15) is 19.8 Å². The van der Waals surface area contributed by atoms with E-state index in [-0.39, 0.29) is 18.5 Å². The highest BCUT2D eigenvalue weighted by molar-refractivity contribution is 5.76. The number of rotatable bonds is 65. The molecule has 0 aliphatic heterocycles. The molecule has 446 valence electrons. The quantitative estimate of drug-likeness (QED) is 0.0320. The van der Waals surface area contributed by atoms with E-state index < -0.39 is 12.1 Å². The van der Waals surface area contributed by atoms with Gasteiger partial charge in [0.25, 0.3) is 0 Å². The topological polar surface area (TPSA) is 95.9 Å². The number of carbonyl (C=O) groups excluding carboxylic acids is 2. The second-order valence-electron chi connectivity index (χ2n) is 23.9. The molecule has 0 heterocycles. The van der Waals surface area contributed by atoms with Crippen molar-refractivity contribution < 1.29 is 24.5 Å². The van der Waals surface area contributed by atoms with Crippen LogP contribution in [0.2, 0.25) is 0 Å². The zero-order valence-corrected chi connectivity index (χ0v) is 51.1. The van der Waals surface area contributed by atoms with Gasteiger partial charge in [-0.05, 0) is 51.4 Å². The molecule has 0 aliphatic rings. The Bertz CT molecular complexity index is 1130. The minimum absolute atomic E-state index is 0.0129. The lowest BCUT2D eigenvalue weighted by molar-refractivity contribution is -0.143. The summed E-state index contributed by atoms with van der Waals surface area (Å²) in [4.78, 5) is 24.6. The third-order valence-corrected chi connectivity index (χ3v) is 16.3. The van der Waals surface area contributed by atoms with Crippen LogP contribution in [0.1, 0.15) is 393 Å². The number of ether oxygens (including phenoxy) is 1. The normalized spacial score (nSPS) is 12.5. The largest absolute Gasteiger partial charge is 0.466 e. The van der Waals surface area contributed by atoms with Gasteiger partial charge in [0.2, 0.25) is 5.91 Å². The minimum Gasteiger partial charge on any atom is -0.466 e. The van der Waals surface area contributed by atoms with E-state index in [4.69, 9.17) is 4.74 Å². The van der Waals surface area contributed by atoms with Crippen molar-refractivity contribution in [2.45, 2.75) is 405 Å². The van der Waals surface area contributed by atoms with Crippen LogP contribution in [-0.4, -0.2) is 47.4 Å². The number of allylic oxidation sites excluding steroid dienone is 2. The summed E-state index contributed by atoms with van der Waals surface area (Å²) in [6.07, 6.45) is 79.8. The predicted molar refractivity (Wildman–Crippen MR) is 329 cm³/mol. The average molecular weight is 1060 g/mol. The summed E-state index contributed by atoms with van der Waals surface area (Å²) in [5.74, 6) is -0.0159. The first-order valence-electron chi connectivity index (χ1n) is 34.4. The number of amides is 1. The van der Waals surface area contributed by atoms with Crippen molar-refractivity contribution in [1.82, 2.24) is 5.32 Å². The van der Waals surface area contributed by atoms with Gasteiger partial charge in [-0.15, -0.1) is 0 Å². The summed E-state index contributed by atoms with van der Waals surface area (Å²) in [6, 6.07) is -0.537. The molecule has 0 spiro atoms. The molecule has 0 rings (SSSR count).